The molecule has 6 nitrogen and oxygen atoms in total. The maximum absolute atomic E-state index is 12.3. The molecule has 1 aromatic carbocycles. The Bertz CT molecular complexity index is 600. The maximum atomic E-state index is 12.3. The molecule has 0 aromatic heterocycles. The van der Waals surface area contributed by atoms with E-state index in [-0.39, 0.29) is 22.7 Å². The van der Waals surface area contributed by atoms with Gasteiger partial charge >= 0.3 is 0 Å². The Hall–Kier alpha value is -0.830. The van der Waals surface area contributed by atoms with Crippen molar-refractivity contribution >= 4 is 31.6 Å². The summed E-state index contributed by atoms with van der Waals surface area (Å²) in [6.07, 6.45) is 0.951. The zero-order valence-corrected chi connectivity index (χ0v) is 13.4. The number of rotatable bonds is 5. The predicted molar refractivity (Wildman–Crippen MR) is 79.0 cm³/mol. The van der Waals surface area contributed by atoms with Crippen molar-refractivity contribution in [1.82, 2.24) is 4.72 Å². The van der Waals surface area contributed by atoms with Gasteiger partial charge in [-0.25, -0.2) is 13.1 Å². The van der Waals surface area contributed by atoms with Gasteiger partial charge in [0.25, 0.3) is 0 Å². The largest absolute Gasteiger partial charge is 0.495 e. The van der Waals surface area contributed by atoms with E-state index in [0.29, 0.717) is 29.5 Å². The van der Waals surface area contributed by atoms with Crippen molar-refractivity contribution in [2.75, 3.05) is 19.4 Å². The number of nitrogens with two attached hydrogens (primary N) is 1. The summed E-state index contributed by atoms with van der Waals surface area (Å²) in [6, 6.07) is 2.89. The molecule has 1 aliphatic carbocycles. The van der Waals surface area contributed by atoms with Crippen LogP contribution in [0.4, 0.5) is 5.69 Å². The van der Waals surface area contributed by atoms with Gasteiger partial charge in [-0.3, -0.25) is 0 Å². The van der Waals surface area contributed by atoms with Crippen molar-refractivity contribution in [2.45, 2.75) is 23.8 Å². The van der Waals surface area contributed by atoms with Crippen molar-refractivity contribution in [1.29, 1.82) is 0 Å². The number of anilines is 1. The number of sulfonamides is 1. The lowest BCUT2D eigenvalue weighted by Crippen LogP contribution is -2.38. The lowest BCUT2D eigenvalue weighted by molar-refractivity contribution is 0.0453. The van der Waals surface area contributed by atoms with E-state index in [1.807, 2.05) is 0 Å². The van der Waals surface area contributed by atoms with Crippen LogP contribution in [0, 0.1) is 5.92 Å². The summed E-state index contributed by atoms with van der Waals surface area (Å²) in [4.78, 5) is 0.0144. The molecule has 4 N–H and O–H groups in total. The number of halogens is 1. The highest BCUT2D eigenvalue weighted by Crippen LogP contribution is 2.33. The SMILES string of the molecule is COc1cc(Br)c(N)cc1S(=O)(=O)NCC1CC(O)C1. The van der Waals surface area contributed by atoms with Gasteiger partial charge in [-0.05, 0) is 46.8 Å². The zero-order valence-electron chi connectivity index (χ0n) is 11.0. The standard InChI is InChI=1S/C12H17BrN2O4S/c1-19-11-4-9(13)10(14)5-12(11)20(17,18)15-6-7-2-8(16)3-7/h4-5,7-8,15-16H,2-3,6,14H2,1H3. The smallest absolute Gasteiger partial charge is 0.244 e. The molecule has 8 heteroatoms. The molecule has 0 amide bonds. The molecule has 1 fully saturated rings. The van der Waals surface area contributed by atoms with E-state index in [1.165, 1.54) is 19.2 Å². The number of nitrogens with one attached hydrogen (secondary N) is 1. The normalized spacial score (nSPS) is 22.4. The lowest BCUT2D eigenvalue weighted by atomic mass is 9.83. The Morgan fingerprint density at radius 2 is 2.15 bits per heavy atom. The number of hydrogen-bond acceptors (Lipinski definition) is 5. The highest BCUT2D eigenvalue weighted by atomic mass is 79.9. The van der Waals surface area contributed by atoms with Crippen LogP contribution in [0.2, 0.25) is 0 Å². The Labute approximate surface area is 126 Å². The number of benzene rings is 1. The van der Waals surface area contributed by atoms with Gasteiger partial charge in [0.15, 0.2) is 0 Å². The number of ether oxygens (including phenoxy) is 1. The molecule has 0 radical (unpaired) electrons. The van der Waals surface area contributed by atoms with E-state index in [1.54, 1.807) is 0 Å². The van der Waals surface area contributed by atoms with E-state index in [2.05, 4.69) is 20.7 Å². The molecule has 0 saturated heterocycles. The van der Waals surface area contributed by atoms with Crippen molar-refractivity contribution in [3.63, 3.8) is 0 Å². The van der Waals surface area contributed by atoms with Crippen molar-refractivity contribution in [2.24, 2.45) is 5.92 Å². The summed E-state index contributed by atoms with van der Waals surface area (Å²) in [7, 11) is -2.29. The Kier molecular flexibility index (Phi) is 4.58. The van der Waals surface area contributed by atoms with Crippen LogP contribution in [0.3, 0.4) is 0 Å². The molecule has 112 valence electrons. The fourth-order valence-electron chi connectivity index (χ4n) is 2.09. The predicted octanol–water partition coefficient (Wildman–Crippen LogP) is 1.09. The molecule has 1 aliphatic rings. The third-order valence-electron chi connectivity index (χ3n) is 3.35. The second kappa shape index (κ2) is 5.88. The second-order valence-electron chi connectivity index (χ2n) is 4.87. The first-order chi connectivity index (χ1) is 9.33. The first-order valence-electron chi connectivity index (χ1n) is 6.14. The molecule has 0 atom stereocenters. The van der Waals surface area contributed by atoms with Crippen LogP contribution in [0.15, 0.2) is 21.5 Å². The van der Waals surface area contributed by atoms with Crippen LogP contribution >= 0.6 is 15.9 Å². The van der Waals surface area contributed by atoms with Crippen LogP contribution < -0.4 is 15.2 Å². The Balaban J connectivity index is 2.18. The third-order valence-corrected chi connectivity index (χ3v) is 5.48. The molecular weight excluding hydrogens is 348 g/mol. The number of aliphatic hydroxyl groups excluding tert-OH is 1. The molecule has 0 spiro atoms. The number of methoxy groups -OCH3 is 1. The Morgan fingerprint density at radius 3 is 2.70 bits per heavy atom. The average molecular weight is 365 g/mol. The number of nitrogen functional groups attached to an aromatic ring is 1. The van der Waals surface area contributed by atoms with Crippen molar-refractivity contribution in [3.8, 4) is 5.75 Å². The molecule has 0 heterocycles. The zero-order chi connectivity index (χ0) is 14.9. The van der Waals surface area contributed by atoms with E-state index in [9.17, 15) is 13.5 Å². The number of aliphatic hydroxyl groups is 1. The molecule has 0 unspecified atom stereocenters. The van der Waals surface area contributed by atoms with E-state index in [0.717, 1.165) is 0 Å². The summed E-state index contributed by atoms with van der Waals surface area (Å²) in [6.45, 7) is 0.304. The second-order valence-corrected chi connectivity index (χ2v) is 7.46. The summed E-state index contributed by atoms with van der Waals surface area (Å²) in [5, 5.41) is 9.19. The first kappa shape index (κ1) is 15.6. The minimum Gasteiger partial charge on any atom is -0.495 e. The quantitative estimate of drug-likeness (QED) is 0.678. The average Bonchev–Trinajstić information content (AvgIpc) is 2.36. The van der Waals surface area contributed by atoms with Crippen LogP contribution in [0.1, 0.15) is 12.8 Å². The number of hydrogen-bond donors (Lipinski definition) is 3. The van der Waals surface area contributed by atoms with Crippen LogP contribution in [-0.4, -0.2) is 33.3 Å². The van der Waals surface area contributed by atoms with Crippen LogP contribution in [0.5, 0.6) is 5.75 Å². The minimum absolute atomic E-state index is 0.0144. The topological polar surface area (TPSA) is 102 Å². The molecule has 1 saturated carbocycles. The lowest BCUT2D eigenvalue weighted by Gasteiger charge is -2.31. The molecule has 1 aromatic rings. The fraction of sp³-hybridized carbons (Fsp3) is 0.500. The van der Waals surface area contributed by atoms with Crippen molar-refractivity contribution in [3.05, 3.63) is 16.6 Å². The summed E-state index contributed by atoms with van der Waals surface area (Å²) < 4.78 is 32.7. The molecule has 0 aliphatic heterocycles. The molecule has 2 rings (SSSR count). The highest BCUT2D eigenvalue weighted by molar-refractivity contribution is 9.10. The first-order valence-corrected chi connectivity index (χ1v) is 8.42. The van der Waals surface area contributed by atoms with Gasteiger partial charge in [0, 0.05) is 16.7 Å². The van der Waals surface area contributed by atoms with E-state index >= 15 is 0 Å². The van der Waals surface area contributed by atoms with Gasteiger partial charge in [0.05, 0.1) is 13.2 Å². The highest BCUT2D eigenvalue weighted by Gasteiger charge is 2.29. The fourth-order valence-corrected chi connectivity index (χ4v) is 3.72. The third kappa shape index (κ3) is 3.25. The molecule has 20 heavy (non-hydrogen) atoms. The van der Waals surface area contributed by atoms with Gasteiger partial charge in [0.2, 0.25) is 10.0 Å². The monoisotopic (exact) mass is 364 g/mol. The van der Waals surface area contributed by atoms with Gasteiger partial charge < -0.3 is 15.6 Å². The van der Waals surface area contributed by atoms with Gasteiger partial charge in [-0.2, -0.15) is 0 Å². The minimum atomic E-state index is -3.69. The molecule has 0 bridgehead atoms. The van der Waals surface area contributed by atoms with Crippen molar-refractivity contribution < 1.29 is 18.3 Å². The summed E-state index contributed by atoms with van der Waals surface area (Å²) in [5.74, 6) is 0.408. The van der Waals surface area contributed by atoms with Crippen LogP contribution in [0.25, 0.3) is 0 Å². The van der Waals surface area contributed by atoms with Gasteiger partial charge in [-0.15, -0.1) is 0 Å². The van der Waals surface area contributed by atoms with Crippen LogP contribution in [-0.2, 0) is 10.0 Å². The Morgan fingerprint density at radius 1 is 1.50 bits per heavy atom. The molecular formula is C12H17BrN2O4S. The summed E-state index contributed by atoms with van der Waals surface area (Å²) >= 11 is 3.23. The summed E-state index contributed by atoms with van der Waals surface area (Å²) in [5.41, 5.74) is 6.05. The van der Waals surface area contributed by atoms with E-state index < -0.39 is 10.0 Å². The van der Waals surface area contributed by atoms with Gasteiger partial charge in [0.1, 0.15) is 10.6 Å². The van der Waals surface area contributed by atoms with Gasteiger partial charge in [-0.1, -0.05) is 0 Å². The van der Waals surface area contributed by atoms with E-state index in [4.69, 9.17) is 10.5 Å². The maximum Gasteiger partial charge on any atom is 0.244 e.